The highest BCUT2D eigenvalue weighted by Crippen LogP contribution is 2.50. The third-order valence-corrected chi connectivity index (χ3v) is 9.90. The Morgan fingerprint density at radius 1 is 0.946 bits per heavy atom. The average molecular weight is 515 g/mol. The number of halogens is 2. The molecule has 3 aliphatic carbocycles. The number of hydrogen-bond donors (Lipinski definition) is 0. The third-order valence-electron chi connectivity index (χ3n) is 9.90. The molecule has 3 aliphatic rings. The summed E-state index contributed by atoms with van der Waals surface area (Å²) in [4.78, 5) is 13.2. The number of esters is 1. The minimum atomic E-state index is -0.630. The van der Waals surface area contributed by atoms with E-state index in [2.05, 4.69) is 6.92 Å². The smallest absolute Gasteiger partial charge is 0.314 e. The molecular weight excluding hydrogens is 466 g/mol. The first kappa shape index (κ1) is 28.3. The zero-order chi connectivity index (χ0) is 26.2. The Balaban J connectivity index is 1.30. The number of rotatable bonds is 10. The topological polar surface area (TPSA) is 26.3 Å². The summed E-state index contributed by atoms with van der Waals surface area (Å²) in [6.45, 7) is 4.17. The molecule has 0 radical (unpaired) electrons. The van der Waals surface area contributed by atoms with Crippen molar-refractivity contribution < 1.29 is 18.3 Å². The van der Waals surface area contributed by atoms with Gasteiger partial charge in [0.05, 0.1) is 5.92 Å². The zero-order valence-corrected chi connectivity index (χ0v) is 23.2. The predicted octanol–water partition coefficient (Wildman–Crippen LogP) is 9.60. The van der Waals surface area contributed by atoms with Crippen LogP contribution in [0.15, 0.2) is 24.3 Å². The molecular formula is C33H48F2O2. The van der Waals surface area contributed by atoms with Gasteiger partial charge in [-0.2, -0.15) is 0 Å². The number of benzene rings is 1. The van der Waals surface area contributed by atoms with Crippen LogP contribution in [0.4, 0.5) is 8.78 Å². The largest absolute Gasteiger partial charge is 0.426 e. The van der Waals surface area contributed by atoms with Crippen LogP contribution in [0, 0.1) is 47.1 Å². The first-order chi connectivity index (χ1) is 18.0. The molecule has 0 aliphatic heterocycles. The third kappa shape index (κ3) is 7.45. The van der Waals surface area contributed by atoms with Crippen molar-refractivity contribution in [2.75, 3.05) is 0 Å². The quantitative estimate of drug-likeness (QED) is 0.134. The van der Waals surface area contributed by atoms with Crippen LogP contribution in [0.3, 0.4) is 0 Å². The van der Waals surface area contributed by atoms with Gasteiger partial charge in [0.2, 0.25) is 0 Å². The summed E-state index contributed by atoms with van der Waals surface area (Å²) >= 11 is 0. The van der Waals surface area contributed by atoms with E-state index in [1.54, 1.807) is 0 Å². The van der Waals surface area contributed by atoms with Gasteiger partial charge in [-0.15, -0.1) is 0 Å². The Morgan fingerprint density at radius 3 is 2.38 bits per heavy atom. The van der Waals surface area contributed by atoms with E-state index >= 15 is 0 Å². The van der Waals surface area contributed by atoms with Gasteiger partial charge in [0.25, 0.3) is 0 Å². The van der Waals surface area contributed by atoms with Gasteiger partial charge < -0.3 is 4.74 Å². The van der Waals surface area contributed by atoms with Crippen LogP contribution in [0.5, 0.6) is 5.75 Å². The standard InChI is InChI=1S/C33H48F2O2/c1-3-5-7-10-23-14-16-24(17-15-23)25-18-19-28-26(20-25)11-9-13-29(28)33(36)37-27-21-31(34)30(32(35)22-27)12-8-6-4-2/h4,6,21-26,28-29H,3,5,7-20H2,1-2H3/b6-4+. The summed E-state index contributed by atoms with van der Waals surface area (Å²) in [5.41, 5.74) is 0.0592. The van der Waals surface area contributed by atoms with Crippen molar-refractivity contribution >= 4 is 5.97 Å². The number of ether oxygens (including phenoxy) is 1. The molecule has 4 heteroatoms. The van der Waals surface area contributed by atoms with Crippen LogP contribution in [0.1, 0.15) is 116 Å². The fourth-order valence-corrected chi connectivity index (χ4v) is 7.82. The lowest BCUT2D eigenvalue weighted by Crippen LogP contribution is -2.40. The summed E-state index contributed by atoms with van der Waals surface area (Å²) in [5, 5.41) is 0. The molecule has 4 rings (SSSR count). The monoisotopic (exact) mass is 514 g/mol. The predicted molar refractivity (Wildman–Crippen MR) is 146 cm³/mol. The molecule has 3 saturated carbocycles. The molecule has 2 nitrogen and oxygen atoms in total. The van der Waals surface area contributed by atoms with Crippen molar-refractivity contribution in [1.29, 1.82) is 0 Å². The van der Waals surface area contributed by atoms with Crippen LogP contribution >= 0.6 is 0 Å². The van der Waals surface area contributed by atoms with E-state index in [1.165, 1.54) is 82.8 Å². The van der Waals surface area contributed by atoms with E-state index in [-0.39, 0.29) is 23.2 Å². The normalized spacial score (nSPS) is 30.3. The second-order valence-electron chi connectivity index (χ2n) is 12.2. The molecule has 0 N–H and O–H groups in total. The maximum atomic E-state index is 14.6. The van der Waals surface area contributed by atoms with Crippen molar-refractivity contribution in [3.63, 3.8) is 0 Å². The summed E-state index contributed by atoms with van der Waals surface area (Å²) in [6, 6.07) is 2.36. The summed E-state index contributed by atoms with van der Waals surface area (Å²) < 4.78 is 34.7. The molecule has 37 heavy (non-hydrogen) atoms. The minimum Gasteiger partial charge on any atom is -0.426 e. The van der Waals surface area contributed by atoms with Crippen LogP contribution in [-0.4, -0.2) is 5.97 Å². The molecule has 206 valence electrons. The first-order valence-electron chi connectivity index (χ1n) is 15.3. The lowest BCUT2D eigenvalue weighted by molar-refractivity contribution is -0.144. The number of carbonyl (C=O) groups excluding carboxylic acids is 1. The average Bonchev–Trinajstić information content (AvgIpc) is 2.90. The molecule has 0 amide bonds. The van der Waals surface area contributed by atoms with Gasteiger partial charge in [0, 0.05) is 17.7 Å². The Bertz CT molecular complexity index is 879. The van der Waals surface area contributed by atoms with E-state index in [1.807, 2.05) is 19.1 Å². The summed E-state index contributed by atoms with van der Waals surface area (Å²) in [7, 11) is 0. The second kappa shape index (κ2) is 13.9. The Hall–Kier alpha value is -1.71. The van der Waals surface area contributed by atoms with Gasteiger partial charge in [0.1, 0.15) is 17.4 Å². The Morgan fingerprint density at radius 2 is 1.68 bits per heavy atom. The summed E-state index contributed by atoms with van der Waals surface area (Å²) in [6.07, 6.45) is 22.4. The molecule has 3 fully saturated rings. The summed E-state index contributed by atoms with van der Waals surface area (Å²) in [5.74, 6) is 1.89. The molecule has 4 atom stereocenters. The molecule has 1 aromatic rings. The van der Waals surface area contributed by atoms with Crippen molar-refractivity contribution in [2.24, 2.45) is 35.5 Å². The fraction of sp³-hybridized carbons (Fsp3) is 0.727. The SMILES string of the molecule is C/C=C/CCc1c(F)cc(OC(=O)C2CCCC3CC(C4CCC(CCCCC)CC4)CCC32)cc1F. The number of unbranched alkanes of at least 4 members (excludes halogenated alkanes) is 2. The number of hydrogen-bond acceptors (Lipinski definition) is 2. The molecule has 0 bridgehead atoms. The van der Waals surface area contributed by atoms with E-state index in [0.717, 1.165) is 37.0 Å². The van der Waals surface area contributed by atoms with Crippen molar-refractivity contribution in [3.05, 3.63) is 41.5 Å². The van der Waals surface area contributed by atoms with E-state index in [9.17, 15) is 13.6 Å². The Labute approximate surface area is 223 Å². The molecule has 0 spiro atoms. The first-order valence-corrected chi connectivity index (χ1v) is 15.3. The minimum absolute atomic E-state index is 0.00119. The zero-order valence-electron chi connectivity index (χ0n) is 23.2. The number of fused-ring (bicyclic) bond motifs is 1. The second-order valence-corrected chi connectivity index (χ2v) is 12.2. The highest BCUT2D eigenvalue weighted by Gasteiger charge is 2.43. The van der Waals surface area contributed by atoms with Gasteiger partial charge in [-0.25, -0.2) is 8.78 Å². The maximum absolute atomic E-state index is 14.6. The molecule has 4 unspecified atom stereocenters. The van der Waals surface area contributed by atoms with Gasteiger partial charge in [-0.3, -0.25) is 4.79 Å². The number of allylic oxidation sites excluding steroid dienone is 2. The van der Waals surface area contributed by atoms with E-state index in [4.69, 9.17) is 4.74 Å². The molecule has 0 heterocycles. The van der Waals surface area contributed by atoms with Gasteiger partial charge >= 0.3 is 5.97 Å². The lowest BCUT2D eigenvalue weighted by Gasteiger charge is -2.46. The van der Waals surface area contributed by atoms with Gasteiger partial charge in [-0.05, 0) is 87.9 Å². The van der Waals surface area contributed by atoms with Crippen LogP contribution in [-0.2, 0) is 11.2 Å². The highest BCUT2D eigenvalue weighted by atomic mass is 19.1. The van der Waals surface area contributed by atoms with E-state index < -0.39 is 11.6 Å². The lowest BCUT2D eigenvalue weighted by atomic mass is 9.59. The van der Waals surface area contributed by atoms with Crippen LogP contribution in [0.25, 0.3) is 0 Å². The molecule has 0 saturated heterocycles. The molecule has 1 aromatic carbocycles. The van der Waals surface area contributed by atoms with Crippen LogP contribution < -0.4 is 4.74 Å². The number of carbonyl (C=O) groups is 1. The van der Waals surface area contributed by atoms with Crippen molar-refractivity contribution in [1.82, 2.24) is 0 Å². The highest BCUT2D eigenvalue weighted by molar-refractivity contribution is 5.75. The van der Waals surface area contributed by atoms with Crippen molar-refractivity contribution in [2.45, 2.75) is 117 Å². The van der Waals surface area contributed by atoms with E-state index in [0.29, 0.717) is 24.7 Å². The maximum Gasteiger partial charge on any atom is 0.314 e. The Kier molecular flexibility index (Phi) is 10.6. The van der Waals surface area contributed by atoms with Gasteiger partial charge in [-0.1, -0.05) is 70.4 Å². The molecule has 0 aromatic heterocycles. The van der Waals surface area contributed by atoms with Gasteiger partial charge in [0.15, 0.2) is 0 Å². The fourth-order valence-electron chi connectivity index (χ4n) is 7.82. The van der Waals surface area contributed by atoms with Crippen molar-refractivity contribution in [3.8, 4) is 5.75 Å². The van der Waals surface area contributed by atoms with Crippen LogP contribution in [0.2, 0.25) is 0 Å².